The third-order valence-corrected chi connectivity index (χ3v) is 5.45. The van der Waals surface area contributed by atoms with Gasteiger partial charge >= 0.3 is 30.2 Å². The van der Waals surface area contributed by atoms with Crippen molar-refractivity contribution in [2.24, 2.45) is 0 Å². The standard InChI is InChI=1S/C26H19.2CH3.2ClH.Si.Zr/c1-19-16-22-10-7-15-26(25(22)17-19,23-11-3-2-4-12-23)24-14-13-20-8-5-6-9-21(20)18-24;;;;;;/h2-15,17-18H,1H3;2*1H3;2*1H;;/q3*-1;;;;. The number of halogens is 2. The van der Waals surface area contributed by atoms with Crippen molar-refractivity contribution in [2.75, 3.05) is 0 Å². The molecular weight excluding hydrogens is 527 g/mol. The van der Waals surface area contributed by atoms with Crippen molar-refractivity contribution in [3.05, 3.63) is 146 Å². The summed E-state index contributed by atoms with van der Waals surface area (Å²) in [5.74, 6) is 0. The molecule has 0 aliphatic heterocycles. The molecule has 0 heterocycles. The van der Waals surface area contributed by atoms with Crippen LogP contribution >= 0.6 is 24.8 Å². The van der Waals surface area contributed by atoms with E-state index in [1.807, 2.05) is 0 Å². The molecule has 2 radical (unpaired) electrons. The van der Waals surface area contributed by atoms with Gasteiger partial charge in [0.25, 0.3) is 0 Å². The average Bonchev–Trinajstić information content (AvgIpc) is 3.16. The molecule has 1 unspecified atom stereocenters. The van der Waals surface area contributed by atoms with Crippen LogP contribution in [0, 0.1) is 20.9 Å². The molecule has 0 saturated heterocycles. The molecule has 0 bridgehead atoms. The molecule has 3 aromatic carbocycles. The Balaban J connectivity index is 0.00000156. The Morgan fingerprint density at radius 1 is 0.781 bits per heavy atom. The maximum absolute atomic E-state index is 3.52. The fraction of sp³-hybridized carbons (Fsp3) is 0.0714. The summed E-state index contributed by atoms with van der Waals surface area (Å²) in [6.45, 7) is 5.19. The number of allylic oxidation sites excluding steroid dienone is 8. The predicted octanol–water partition coefficient (Wildman–Crippen LogP) is 7.67. The van der Waals surface area contributed by atoms with E-state index in [0.29, 0.717) is 0 Å². The third-order valence-electron chi connectivity index (χ3n) is 5.45. The first-order valence-corrected chi connectivity index (χ1v) is 13.5. The molecular formula is C28H27Cl2SiZr-3. The van der Waals surface area contributed by atoms with Gasteiger partial charge in [0, 0.05) is 5.41 Å². The molecule has 0 fully saturated rings. The van der Waals surface area contributed by atoms with Crippen molar-refractivity contribution in [3.63, 3.8) is 0 Å². The van der Waals surface area contributed by atoms with Gasteiger partial charge in [-0.15, -0.1) is 54.2 Å². The van der Waals surface area contributed by atoms with E-state index in [1.54, 1.807) is 0 Å². The molecule has 32 heavy (non-hydrogen) atoms. The van der Waals surface area contributed by atoms with E-state index in [2.05, 4.69) is 117 Å². The van der Waals surface area contributed by atoms with E-state index in [4.69, 9.17) is 0 Å². The molecule has 0 aromatic heterocycles. The maximum atomic E-state index is 3.52. The Labute approximate surface area is 222 Å². The molecule has 0 spiro atoms. The molecule has 4 heteroatoms. The summed E-state index contributed by atoms with van der Waals surface area (Å²) < 4.78 is 0. The SMILES string of the molecule is CC1=[C-]C2=CC=CC(c3ccccc3)(c3ccc4ccccc4c3)C2=C1.Cl.Cl.[CH3-].[CH3-].[Si]=[Zr]. The topological polar surface area (TPSA) is 0 Å². The van der Waals surface area contributed by atoms with Crippen LogP contribution in [0.25, 0.3) is 10.8 Å². The quantitative estimate of drug-likeness (QED) is 0.226. The molecule has 164 valence electrons. The normalized spacial score (nSPS) is 17.3. The van der Waals surface area contributed by atoms with Crippen LogP contribution in [-0.4, -0.2) is 6.88 Å². The minimum absolute atomic E-state index is 0. The van der Waals surface area contributed by atoms with Crippen molar-refractivity contribution in [2.45, 2.75) is 12.3 Å². The van der Waals surface area contributed by atoms with Gasteiger partial charge in [0.1, 0.15) is 0 Å². The van der Waals surface area contributed by atoms with Crippen molar-refractivity contribution in [1.82, 2.24) is 0 Å². The average molecular weight is 554 g/mol. The summed E-state index contributed by atoms with van der Waals surface area (Å²) in [6, 6.07) is 26.2. The fourth-order valence-electron chi connectivity index (χ4n) is 4.25. The Morgan fingerprint density at radius 3 is 2.09 bits per heavy atom. The molecule has 2 aliphatic carbocycles. The van der Waals surface area contributed by atoms with Crippen molar-refractivity contribution < 1.29 is 23.3 Å². The van der Waals surface area contributed by atoms with Crippen LogP contribution in [0.15, 0.2) is 114 Å². The van der Waals surface area contributed by atoms with Gasteiger partial charge in [-0.2, -0.15) is 11.6 Å². The van der Waals surface area contributed by atoms with Crippen LogP contribution < -0.4 is 0 Å². The zero-order valence-electron chi connectivity index (χ0n) is 18.6. The Bertz CT molecular complexity index is 1160. The summed E-state index contributed by atoms with van der Waals surface area (Å²) in [7, 11) is 0. The molecule has 5 rings (SSSR count). The van der Waals surface area contributed by atoms with Crippen LogP contribution in [0.1, 0.15) is 18.1 Å². The van der Waals surface area contributed by atoms with Crippen molar-refractivity contribution in [1.29, 1.82) is 0 Å². The van der Waals surface area contributed by atoms with Gasteiger partial charge in [0.2, 0.25) is 0 Å². The third kappa shape index (κ3) is 5.37. The number of rotatable bonds is 2. The van der Waals surface area contributed by atoms with Gasteiger partial charge in [-0.25, -0.2) is 0 Å². The minimum atomic E-state index is -0.278. The second-order valence-electron chi connectivity index (χ2n) is 7.04. The Hall–Kier alpha value is -1.44. The first-order chi connectivity index (χ1) is 13.8. The zero-order chi connectivity index (χ0) is 19.6. The number of benzene rings is 3. The van der Waals surface area contributed by atoms with Gasteiger partial charge in [0.05, 0.1) is 0 Å². The van der Waals surface area contributed by atoms with Crippen molar-refractivity contribution >= 4 is 42.5 Å². The van der Waals surface area contributed by atoms with Crippen LogP contribution in [0.5, 0.6) is 0 Å². The van der Waals surface area contributed by atoms with E-state index >= 15 is 0 Å². The fourth-order valence-corrected chi connectivity index (χ4v) is 4.25. The van der Waals surface area contributed by atoms with Gasteiger partial charge in [-0.1, -0.05) is 85.8 Å². The molecule has 0 saturated carbocycles. The first kappa shape index (κ1) is 30.6. The van der Waals surface area contributed by atoms with E-state index < -0.39 is 0 Å². The summed E-state index contributed by atoms with van der Waals surface area (Å²) in [5.41, 5.74) is 6.02. The number of hydrogen-bond donors (Lipinski definition) is 0. The van der Waals surface area contributed by atoms with E-state index in [1.165, 1.54) is 62.0 Å². The second-order valence-corrected chi connectivity index (χ2v) is 7.04. The van der Waals surface area contributed by atoms with E-state index in [9.17, 15) is 0 Å². The summed E-state index contributed by atoms with van der Waals surface area (Å²) in [4.78, 5) is 0. The van der Waals surface area contributed by atoms with E-state index in [0.717, 1.165) is 0 Å². The molecule has 0 N–H and O–H groups in total. The summed E-state index contributed by atoms with van der Waals surface area (Å²) >= 11 is 1.36. The molecule has 0 amide bonds. The second kappa shape index (κ2) is 13.3. The molecule has 1 atom stereocenters. The molecule has 3 aromatic rings. The summed E-state index contributed by atoms with van der Waals surface area (Å²) in [5, 5.41) is 2.55. The van der Waals surface area contributed by atoms with Gasteiger partial charge in [0.15, 0.2) is 0 Å². The van der Waals surface area contributed by atoms with Gasteiger partial charge < -0.3 is 14.9 Å². The predicted molar refractivity (Wildman–Crippen MR) is 142 cm³/mol. The van der Waals surface area contributed by atoms with Crippen LogP contribution in [0.2, 0.25) is 0 Å². The Kier molecular flexibility index (Phi) is 12.7. The first-order valence-electron chi connectivity index (χ1n) is 9.30. The van der Waals surface area contributed by atoms with Crippen LogP contribution in [0.3, 0.4) is 0 Å². The summed E-state index contributed by atoms with van der Waals surface area (Å²) in [6.07, 6.45) is 12.5. The monoisotopic (exact) mass is 551 g/mol. The van der Waals surface area contributed by atoms with E-state index in [-0.39, 0.29) is 45.1 Å². The molecule has 0 nitrogen and oxygen atoms in total. The van der Waals surface area contributed by atoms with Crippen molar-refractivity contribution in [3.8, 4) is 0 Å². The van der Waals surface area contributed by atoms with Crippen LogP contribution in [-0.2, 0) is 28.8 Å². The number of hydrogen-bond acceptors (Lipinski definition) is 0. The number of fused-ring (bicyclic) bond motifs is 2. The Morgan fingerprint density at radius 2 is 1.41 bits per heavy atom. The van der Waals surface area contributed by atoms with Crippen LogP contribution in [0.4, 0.5) is 0 Å². The molecule has 2 aliphatic rings. The van der Waals surface area contributed by atoms with Gasteiger partial charge in [-0.05, 0) is 21.9 Å². The van der Waals surface area contributed by atoms with Gasteiger partial charge in [-0.3, -0.25) is 0 Å². The zero-order valence-corrected chi connectivity index (χ0v) is 23.6.